The molecular weight excluding hydrogens is 222 g/mol. The molecule has 4 nitrogen and oxygen atoms in total. The summed E-state index contributed by atoms with van der Waals surface area (Å²) >= 11 is 0. The first-order valence-corrected chi connectivity index (χ1v) is 2.19. The first-order chi connectivity index (χ1) is 2.00. The molecule has 0 aliphatic carbocycles. The summed E-state index contributed by atoms with van der Waals surface area (Å²) in [6.07, 6.45) is 0. The third-order valence-corrected chi connectivity index (χ3v) is 0. The summed E-state index contributed by atoms with van der Waals surface area (Å²) in [6, 6.07) is 0. The molecule has 6 heavy (non-hydrogen) atoms. The SMILES string of the molecule is O=P([O-])([O-])[O-].[I+3]. The van der Waals surface area contributed by atoms with Crippen molar-refractivity contribution in [2.45, 2.75) is 0 Å². The molecule has 36 valence electrons. The average Bonchev–Trinajstić information content (AvgIpc) is 0.722. The lowest BCUT2D eigenvalue weighted by Gasteiger charge is -2.36. The maximum Gasteiger partial charge on any atom is 3.00 e. The molecule has 6 heteroatoms. The van der Waals surface area contributed by atoms with Gasteiger partial charge in [-0.3, -0.25) is 0 Å². The van der Waals surface area contributed by atoms with Crippen molar-refractivity contribution in [1.82, 2.24) is 0 Å². The van der Waals surface area contributed by atoms with Crippen molar-refractivity contribution >= 4 is 7.82 Å². The predicted molar refractivity (Wildman–Crippen MR) is 7.61 cm³/mol. The third kappa shape index (κ3) is 101. The first kappa shape index (κ1) is 9.96. The fourth-order valence-electron chi connectivity index (χ4n) is 0. The molecule has 0 bridgehead atoms. The number of rotatable bonds is 0. The van der Waals surface area contributed by atoms with Crippen LogP contribution in [0.25, 0.3) is 0 Å². The summed E-state index contributed by atoms with van der Waals surface area (Å²) in [7, 11) is -5.39. The molecule has 0 heterocycles. The molecule has 0 saturated carbocycles. The molecule has 0 fully saturated rings. The summed E-state index contributed by atoms with van der Waals surface area (Å²) in [5, 5.41) is 0. The van der Waals surface area contributed by atoms with Crippen LogP contribution in [-0.4, -0.2) is 0 Å². The molecule has 0 unspecified atom stereocenters. The molecular formula is IO4P. The zero-order valence-corrected chi connectivity index (χ0v) is 5.51. The highest BCUT2D eigenvalue weighted by Gasteiger charge is 3.00. The molecule has 0 aromatic rings. The largest absolute Gasteiger partial charge is 3.00 e. The van der Waals surface area contributed by atoms with Gasteiger partial charge in [0.05, 0.1) is 0 Å². The maximum absolute atomic E-state index is 8.55. The number of hydrogen-bond donors (Lipinski definition) is 0. The van der Waals surface area contributed by atoms with Crippen LogP contribution in [0, 0.1) is 0 Å². The number of phosphoric acid groups is 1. The Balaban J connectivity index is 0. The van der Waals surface area contributed by atoms with Gasteiger partial charge in [-0.15, -0.1) is 0 Å². The Kier molecular flexibility index (Phi) is 4.85. The van der Waals surface area contributed by atoms with Crippen LogP contribution in [0.2, 0.25) is 0 Å². The van der Waals surface area contributed by atoms with E-state index in [1.165, 1.54) is 0 Å². The second-order valence-corrected chi connectivity index (χ2v) is 1.34. The van der Waals surface area contributed by atoms with Gasteiger partial charge in [-0.1, -0.05) is 0 Å². The van der Waals surface area contributed by atoms with E-state index in [1.807, 2.05) is 0 Å². The zero-order chi connectivity index (χ0) is 4.50. The molecule has 4 radical (unpaired) electrons. The summed E-state index contributed by atoms with van der Waals surface area (Å²) in [5.74, 6) is 0. The van der Waals surface area contributed by atoms with Crippen molar-refractivity contribution in [2.24, 2.45) is 0 Å². The van der Waals surface area contributed by atoms with Gasteiger partial charge >= 0.3 is 24.0 Å². The molecule has 0 saturated heterocycles. The minimum Gasteiger partial charge on any atom is -0.822 e. The summed E-state index contributed by atoms with van der Waals surface area (Å²) in [5.41, 5.74) is 0. The summed E-state index contributed by atoms with van der Waals surface area (Å²) in [4.78, 5) is 25.6. The molecule has 0 aromatic carbocycles. The summed E-state index contributed by atoms with van der Waals surface area (Å²) < 4.78 is 8.55. The number of halogens is 1. The second-order valence-electron chi connectivity index (χ2n) is 0.447. The van der Waals surface area contributed by atoms with Crippen molar-refractivity contribution < 1.29 is 43.2 Å². The van der Waals surface area contributed by atoms with Crippen molar-refractivity contribution in [1.29, 1.82) is 0 Å². The van der Waals surface area contributed by atoms with E-state index in [0.29, 0.717) is 0 Å². The van der Waals surface area contributed by atoms with Gasteiger partial charge < -0.3 is 19.2 Å². The molecule has 0 spiro atoms. The molecule has 0 atom stereocenters. The fraction of sp³-hybridized carbons (Fsp3) is 0. The van der Waals surface area contributed by atoms with Crippen LogP contribution in [0.5, 0.6) is 0 Å². The van der Waals surface area contributed by atoms with E-state index in [9.17, 15) is 0 Å². The van der Waals surface area contributed by atoms with Gasteiger partial charge in [0.25, 0.3) is 0 Å². The third-order valence-electron chi connectivity index (χ3n) is 0. The van der Waals surface area contributed by atoms with E-state index < -0.39 is 7.82 Å². The van der Waals surface area contributed by atoms with Gasteiger partial charge in [-0.25, -0.2) is 0 Å². The van der Waals surface area contributed by atoms with Crippen molar-refractivity contribution in [3.63, 3.8) is 0 Å². The van der Waals surface area contributed by atoms with Crippen LogP contribution < -0.4 is 38.7 Å². The smallest absolute Gasteiger partial charge is 0.822 e. The predicted octanol–water partition coefficient (Wildman–Crippen LogP) is -5.82. The normalized spacial score (nSPS) is 9.83. The quantitative estimate of drug-likeness (QED) is 0.301. The van der Waals surface area contributed by atoms with Gasteiger partial charge in [-0.05, 0) is 0 Å². The van der Waals surface area contributed by atoms with E-state index in [1.54, 1.807) is 0 Å². The maximum atomic E-state index is 8.55. The van der Waals surface area contributed by atoms with Crippen molar-refractivity contribution in [3.8, 4) is 0 Å². The molecule has 0 aliphatic rings. The van der Waals surface area contributed by atoms with E-state index in [4.69, 9.17) is 19.2 Å². The van der Waals surface area contributed by atoms with Crippen molar-refractivity contribution in [3.05, 3.63) is 0 Å². The Morgan fingerprint density at radius 1 is 1.17 bits per heavy atom. The van der Waals surface area contributed by atoms with E-state index in [-0.39, 0.29) is 24.0 Å². The first-order valence-electron chi connectivity index (χ1n) is 0.730. The van der Waals surface area contributed by atoms with Gasteiger partial charge in [0, 0.05) is 0 Å². The average molecular weight is 222 g/mol. The van der Waals surface area contributed by atoms with Crippen LogP contribution in [0.1, 0.15) is 0 Å². The van der Waals surface area contributed by atoms with Crippen LogP contribution in [0.4, 0.5) is 0 Å². The van der Waals surface area contributed by atoms with Crippen LogP contribution in [-0.2, 0) is 4.57 Å². The topological polar surface area (TPSA) is 86.2 Å². The van der Waals surface area contributed by atoms with E-state index in [2.05, 4.69) is 0 Å². The lowest BCUT2D eigenvalue weighted by molar-refractivity contribution is -0.432. The minimum absolute atomic E-state index is 0. The molecule has 0 aliphatic heterocycles. The van der Waals surface area contributed by atoms with E-state index in [0.717, 1.165) is 0 Å². The lowest BCUT2D eigenvalue weighted by Crippen LogP contribution is -3.00. The Morgan fingerprint density at radius 3 is 1.17 bits per heavy atom. The highest BCUT2D eigenvalue weighted by Crippen LogP contribution is 2.03. The highest BCUT2D eigenvalue weighted by atomic mass is 127. The van der Waals surface area contributed by atoms with Crippen molar-refractivity contribution in [2.75, 3.05) is 0 Å². The van der Waals surface area contributed by atoms with E-state index >= 15 is 0 Å². The van der Waals surface area contributed by atoms with Gasteiger partial charge in [0.2, 0.25) is 0 Å². The second kappa shape index (κ2) is 2.92. The van der Waals surface area contributed by atoms with Crippen LogP contribution in [0.3, 0.4) is 0 Å². The van der Waals surface area contributed by atoms with Crippen LogP contribution >= 0.6 is 7.82 Å². The monoisotopic (exact) mass is 222 g/mol. The molecule has 0 N–H and O–H groups in total. The van der Waals surface area contributed by atoms with Crippen LogP contribution in [0.15, 0.2) is 0 Å². The Morgan fingerprint density at radius 2 is 1.17 bits per heavy atom. The highest BCUT2D eigenvalue weighted by molar-refractivity contribution is 7.40. The number of hydrogen-bond acceptors (Lipinski definition) is 4. The minimum atomic E-state index is -5.39. The lowest BCUT2D eigenvalue weighted by atomic mass is 15.8. The fourth-order valence-corrected chi connectivity index (χ4v) is 0. The summed E-state index contributed by atoms with van der Waals surface area (Å²) in [6.45, 7) is 0. The Bertz CT molecular complexity index is 53.7. The molecule has 0 aromatic heterocycles. The zero-order valence-electron chi connectivity index (χ0n) is 2.46. The molecule has 0 rings (SSSR count). The Hall–Kier alpha value is 0.840. The van der Waals surface area contributed by atoms with Gasteiger partial charge in [0.15, 0.2) is 0 Å². The van der Waals surface area contributed by atoms with Gasteiger partial charge in [0.1, 0.15) is 0 Å². The standard InChI is InChI=1S/I.H3O4P/c;1-5(2,3)4/h;(H3,1,2,3,4)/q+3;/p-3. The Labute approximate surface area is 51.5 Å². The molecule has 0 amide bonds. The van der Waals surface area contributed by atoms with Gasteiger partial charge in [-0.2, -0.15) is 7.82 Å².